The molecule has 2 heterocycles. The largest absolute Gasteiger partial charge is 0.314 e. The van der Waals surface area contributed by atoms with Gasteiger partial charge in [-0.25, -0.2) is 4.98 Å². The molecule has 0 radical (unpaired) electrons. The minimum absolute atomic E-state index is 0.216. The fourth-order valence-electron chi connectivity index (χ4n) is 2.78. The van der Waals surface area contributed by atoms with E-state index < -0.39 is 0 Å². The molecule has 0 aromatic carbocycles. The Hall–Kier alpha value is -1.00. The molecule has 1 aliphatic carbocycles. The van der Waals surface area contributed by atoms with Crippen molar-refractivity contribution in [1.82, 2.24) is 15.2 Å². The molecule has 2 aliphatic rings. The summed E-state index contributed by atoms with van der Waals surface area (Å²) >= 11 is 0. The number of nitrogens with zero attached hydrogens (tertiary/aromatic N) is 2. The van der Waals surface area contributed by atoms with Gasteiger partial charge in [-0.2, -0.15) is 4.39 Å². The van der Waals surface area contributed by atoms with Crippen molar-refractivity contribution in [3.8, 4) is 0 Å². The van der Waals surface area contributed by atoms with Crippen molar-refractivity contribution in [3.63, 3.8) is 0 Å². The number of hydrogen-bond acceptors (Lipinski definition) is 3. The molecule has 0 bridgehead atoms. The zero-order valence-electron chi connectivity index (χ0n) is 10.6. The summed E-state index contributed by atoms with van der Waals surface area (Å²) in [6.07, 6.45) is 5.24. The van der Waals surface area contributed by atoms with E-state index in [9.17, 15) is 4.39 Å². The first-order valence-electron chi connectivity index (χ1n) is 6.90. The van der Waals surface area contributed by atoms with Crippen LogP contribution in [0.1, 0.15) is 30.9 Å². The molecule has 0 unspecified atom stereocenters. The zero-order chi connectivity index (χ0) is 12.4. The quantitative estimate of drug-likeness (QED) is 0.827. The summed E-state index contributed by atoms with van der Waals surface area (Å²) in [5.41, 5.74) is 0.784. The second kappa shape index (κ2) is 5.33. The molecule has 1 saturated heterocycles. The highest BCUT2D eigenvalue weighted by Gasteiger charge is 2.31. The fraction of sp³-hybridized carbons (Fsp3) is 0.643. The molecule has 18 heavy (non-hydrogen) atoms. The third-order valence-electron chi connectivity index (χ3n) is 3.99. The van der Waals surface area contributed by atoms with Crippen LogP contribution in [-0.2, 0) is 0 Å². The van der Waals surface area contributed by atoms with Crippen molar-refractivity contribution in [2.45, 2.75) is 25.3 Å². The first-order chi connectivity index (χ1) is 8.84. The third-order valence-corrected chi connectivity index (χ3v) is 3.99. The Labute approximate surface area is 107 Å². The van der Waals surface area contributed by atoms with Gasteiger partial charge in [-0.05, 0) is 18.4 Å². The van der Waals surface area contributed by atoms with Crippen LogP contribution in [0, 0.1) is 11.9 Å². The number of halogens is 1. The summed E-state index contributed by atoms with van der Waals surface area (Å²) in [7, 11) is 0. The number of aromatic nitrogens is 1. The van der Waals surface area contributed by atoms with Gasteiger partial charge in [0, 0.05) is 44.0 Å². The fourth-order valence-corrected chi connectivity index (χ4v) is 2.78. The van der Waals surface area contributed by atoms with Gasteiger partial charge in [0.2, 0.25) is 5.95 Å². The normalized spacial score (nSPS) is 22.9. The van der Waals surface area contributed by atoms with Gasteiger partial charge in [-0.1, -0.05) is 18.9 Å². The minimum Gasteiger partial charge on any atom is -0.314 e. The standard InChI is InChI=1S/C14H20FN3/c15-14-12(2-1-5-17-14)13(10-11-3-4-11)18-8-6-16-7-9-18/h1-2,5,11,13,16H,3-4,6-10H2/t13-/m0/s1. The molecule has 1 atom stereocenters. The van der Waals surface area contributed by atoms with Crippen LogP contribution in [0.4, 0.5) is 4.39 Å². The topological polar surface area (TPSA) is 28.2 Å². The van der Waals surface area contributed by atoms with E-state index in [1.807, 2.05) is 12.1 Å². The monoisotopic (exact) mass is 249 g/mol. The average Bonchev–Trinajstić information content (AvgIpc) is 3.22. The zero-order valence-corrected chi connectivity index (χ0v) is 10.6. The second-order valence-corrected chi connectivity index (χ2v) is 5.36. The lowest BCUT2D eigenvalue weighted by Gasteiger charge is -2.35. The third kappa shape index (κ3) is 2.70. The second-order valence-electron chi connectivity index (χ2n) is 5.36. The minimum atomic E-state index is -0.290. The lowest BCUT2D eigenvalue weighted by Crippen LogP contribution is -2.45. The predicted molar refractivity (Wildman–Crippen MR) is 68.7 cm³/mol. The molecule has 98 valence electrons. The molecule has 1 saturated carbocycles. The van der Waals surface area contributed by atoms with E-state index in [-0.39, 0.29) is 12.0 Å². The number of piperazine rings is 1. The highest BCUT2D eigenvalue weighted by Crippen LogP contribution is 2.40. The van der Waals surface area contributed by atoms with E-state index in [1.165, 1.54) is 19.0 Å². The number of nitrogens with one attached hydrogen (secondary N) is 1. The lowest BCUT2D eigenvalue weighted by molar-refractivity contribution is 0.156. The van der Waals surface area contributed by atoms with Crippen molar-refractivity contribution in [2.24, 2.45) is 5.92 Å². The maximum Gasteiger partial charge on any atom is 0.217 e. The van der Waals surface area contributed by atoms with Crippen LogP contribution in [0.3, 0.4) is 0 Å². The molecular weight excluding hydrogens is 229 g/mol. The Morgan fingerprint density at radius 2 is 2.17 bits per heavy atom. The van der Waals surface area contributed by atoms with Gasteiger partial charge in [-0.15, -0.1) is 0 Å². The molecule has 0 spiro atoms. The Morgan fingerprint density at radius 1 is 1.39 bits per heavy atom. The van der Waals surface area contributed by atoms with Gasteiger partial charge in [0.05, 0.1) is 0 Å². The van der Waals surface area contributed by atoms with E-state index in [2.05, 4.69) is 15.2 Å². The summed E-state index contributed by atoms with van der Waals surface area (Å²) in [4.78, 5) is 6.23. The lowest BCUT2D eigenvalue weighted by atomic mass is 10.00. The van der Waals surface area contributed by atoms with Gasteiger partial charge in [0.15, 0.2) is 0 Å². The maximum atomic E-state index is 13.9. The molecule has 1 aromatic rings. The van der Waals surface area contributed by atoms with Crippen molar-refractivity contribution in [2.75, 3.05) is 26.2 Å². The summed E-state index contributed by atoms with van der Waals surface area (Å²) in [6.45, 7) is 4.02. The Balaban J connectivity index is 1.81. The molecule has 4 heteroatoms. The van der Waals surface area contributed by atoms with Crippen LogP contribution in [0.25, 0.3) is 0 Å². The van der Waals surface area contributed by atoms with E-state index in [4.69, 9.17) is 0 Å². The van der Waals surface area contributed by atoms with Crippen LogP contribution < -0.4 is 5.32 Å². The number of pyridine rings is 1. The van der Waals surface area contributed by atoms with E-state index in [0.29, 0.717) is 0 Å². The molecule has 1 N–H and O–H groups in total. The van der Waals surface area contributed by atoms with Gasteiger partial charge in [-0.3, -0.25) is 4.90 Å². The first kappa shape index (κ1) is 12.1. The summed E-state index contributed by atoms with van der Waals surface area (Å²) in [6, 6.07) is 3.96. The summed E-state index contributed by atoms with van der Waals surface area (Å²) in [5.74, 6) is 0.506. The maximum absolute atomic E-state index is 13.9. The summed E-state index contributed by atoms with van der Waals surface area (Å²) < 4.78 is 13.9. The number of rotatable bonds is 4. The van der Waals surface area contributed by atoms with Crippen LogP contribution in [0.15, 0.2) is 18.3 Å². The molecule has 1 aliphatic heterocycles. The average molecular weight is 249 g/mol. The van der Waals surface area contributed by atoms with Crippen molar-refractivity contribution in [1.29, 1.82) is 0 Å². The van der Waals surface area contributed by atoms with Crippen LogP contribution in [-0.4, -0.2) is 36.1 Å². The van der Waals surface area contributed by atoms with E-state index in [0.717, 1.165) is 44.1 Å². The molecular formula is C14H20FN3. The highest BCUT2D eigenvalue weighted by molar-refractivity contribution is 5.17. The van der Waals surface area contributed by atoms with Crippen molar-refractivity contribution in [3.05, 3.63) is 29.8 Å². The van der Waals surface area contributed by atoms with E-state index >= 15 is 0 Å². The summed E-state index contributed by atoms with van der Waals surface area (Å²) in [5, 5.41) is 3.35. The Bertz CT molecular complexity index is 400. The van der Waals surface area contributed by atoms with Crippen molar-refractivity contribution < 1.29 is 4.39 Å². The molecule has 2 fully saturated rings. The van der Waals surface area contributed by atoms with E-state index in [1.54, 1.807) is 0 Å². The SMILES string of the molecule is Fc1ncccc1[C@H](CC1CC1)N1CCNCC1. The molecule has 3 nitrogen and oxygen atoms in total. The van der Waals surface area contributed by atoms with Crippen molar-refractivity contribution >= 4 is 0 Å². The smallest absolute Gasteiger partial charge is 0.217 e. The Kier molecular flexibility index (Phi) is 3.57. The van der Waals surface area contributed by atoms with Crippen LogP contribution >= 0.6 is 0 Å². The molecule has 0 amide bonds. The van der Waals surface area contributed by atoms with Gasteiger partial charge < -0.3 is 5.32 Å². The van der Waals surface area contributed by atoms with Gasteiger partial charge in [0.1, 0.15) is 0 Å². The first-order valence-corrected chi connectivity index (χ1v) is 6.90. The van der Waals surface area contributed by atoms with Gasteiger partial charge in [0.25, 0.3) is 0 Å². The van der Waals surface area contributed by atoms with Crippen LogP contribution in [0.5, 0.6) is 0 Å². The predicted octanol–water partition coefficient (Wildman–Crippen LogP) is 1.97. The molecule has 3 rings (SSSR count). The number of hydrogen-bond donors (Lipinski definition) is 1. The van der Waals surface area contributed by atoms with Gasteiger partial charge >= 0.3 is 0 Å². The highest BCUT2D eigenvalue weighted by atomic mass is 19.1. The van der Waals surface area contributed by atoms with Crippen LogP contribution in [0.2, 0.25) is 0 Å². The molecule has 1 aromatic heterocycles. The Morgan fingerprint density at radius 3 is 2.83 bits per heavy atom.